The van der Waals surface area contributed by atoms with Crippen molar-refractivity contribution in [3.8, 4) is 0 Å². The van der Waals surface area contributed by atoms with E-state index >= 15 is 0 Å². The molecule has 1 rings (SSSR count). The molecule has 4 nitrogen and oxygen atoms in total. The van der Waals surface area contributed by atoms with Crippen molar-refractivity contribution >= 4 is 0 Å². The minimum atomic E-state index is -0.530. The largest absolute Gasteiger partial charge is 0.390 e. The van der Waals surface area contributed by atoms with E-state index in [9.17, 15) is 10.2 Å². The highest BCUT2D eigenvalue weighted by Gasteiger charge is 2.25. The van der Waals surface area contributed by atoms with Crippen LogP contribution < -0.4 is 0 Å². The van der Waals surface area contributed by atoms with Crippen LogP contribution in [0.3, 0.4) is 0 Å². The molecule has 4 heteroatoms. The van der Waals surface area contributed by atoms with Crippen LogP contribution in [0.1, 0.15) is 46.0 Å². The number of likely N-dealkylation sites (tertiary alicyclic amines) is 1. The smallest absolute Gasteiger partial charge is 0.0900 e. The minimum Gasteiger partial charge on any atom is -0.390 e. The lowest BCUT2D eigenvalue weighted by Crippen LogP contribution is -2.36. The lowest BCUT2D eigenvalue weighted by molar-refractivity contribution is 0.0127. The van der Waals surface area contributed by atoms with Gasteiger partial charge in [0.05, 0.1) is 18.3 Å². The van der Waals surface area contributed by atoms with Crippen LogP contribution in [-0.2, 0) is 4.74 Å². The Morgan fingerprint density at radius 2 is 2.11 bits per heavy atom. The van der Waals surface area contributed by atoms with Crippen LogP contribution in [-0.4, -0.2) is 59.7 Å². The fraction of sp³-hybridized carbons (Fsp3) is 1.00. The van der Waals surface area contributed by atoms with E-state index in [1.807, 2.05) is 6.92 Å². The fourth-order valence-electron chi connectivity index (χ4n) is 2.32. The third-order valence-corrected chi connectivity index (χ3v) is 3.58. The van der Waals surface area contributed by atoms with Crippen molar-refractivity contribution in [1.29, 1.82) is 0 Å². The molecular weight excluding hydrogens is 230 g/mol. The monoisotopic (exact) mass is 259 g/mol. The van der Waals surface area contributed by atoms with Gasteiger partial charge in [-0.05, 0) is 39.2 Å². The molecule has 1 aliphatic heterocycles. The van der Waals surface area contributed by atoms with Gasteiger partial charge in [0.15, 0.2) is 0 Å². The molecule has 2 atom stereocenters. The van der Waals surface area contributed by atoms with Crippen LogP contribution in [0.25, 0.3) is 0 Å². The van der Waals surface area contributed by atoms with Crippen molar-refractivity contribution in [2.75, 3.05) is 32.8 Å². The third-order valence-electron chi connectivity index (χ3n) is 3.58. The lowest BCUT2D eigenvalue weighted by Gasteiger charge is -2.24. The second-order valence-corrected chi connectivity index (χ2v) is 5.73. The topological polar surface area (TPSA) is 52.9 Å². The fourth-order valence-corrected chi connectivity index (χ4v) is 2.32. The number of hydrogen-bond donors (Lipinski definition) is 2. The second-order valence-electron chi connectivity index (χ2n) is 5.73. The summed E-state index contributed by atoms with van der Waals surface area (Å²) in [7, 11) is 0. The van der Waals surface area contributed by atoms with Gasteiger partial charge in [0.1, 0.15) is 0 Å². The van der Waals surface area contributed by atoms with Crippen molar-refractivity contribution in [1.82, 2.24) is 4.90 Å². The van der Waals surface area contributed by atoms with Crippen molar-refractivity contribution in [2.24, 2.45) is 0 Å². The Labute approximate surface area is 111 Å². The molecule has 108 valence electrons. The first-order valence-electron chi connectivity index (χ1n) is 7.24. The van der Waals surface area contributed by atoms with Crippen LogP contribution in [0, 0.1) is 0 Å². The van der Waals surface area contributed by atoms with Gasteiger partial charge in [-0.1, -0.05) is 13.3 Å². The quantitative estimate of drug-likeness (QED) is 0.679. The van der Waals surface area contributed by atoms with Gasteiger partial charge in [0.2, 0.25) is 0 Å². The number of aliphatic hydroxyl groups excluding tert-OH is 1. The summed E-state index contributed by atoms with van der Waals surface area (Å²) in [4.78, 5) is 2.23. The molecule has 1 aliphatic rings. The average Bonchev–Trinajstić information content (AvgIpc) is 2.47. The molecule has 1 heterocycles. The summed E-state index contributed by atoms with van der Waals surface area (Å²) >= 11 is 0. The molecule has 1 saturated heterocycles. The molecule has 0 aliphatic carbocycles. The van der Waals surface area contributed by atoms with Gasteiger partial charge < -0.3 is 19.8 Å². The van der Waals surface area contributed by atoms with E-state index in [0.717, 1.165) is 51.8 Å². The van der Waals surface area contributed by atoms with Gasteiger partial charge in [0, 0.05) is 19.7 Å². The van der Waals surface area contributed by atoms with Crippen molar-refractivity contribution in [3.63, 3.8) is 0 Å². The third kappa shape index (κ3) is 6.69. The number of ether oxygens (including phenoxy) is 1. The van der Waals surface area contributed by atoms with E-state index in [1.165, 1.54) is 0 Å². The standard InChI is InChI=1S/C14H29NO3/c1-3-4-10-18-12-13(16)11-15-8-5-6-14(2,17)7-9-15/h13,16-17H,3-12H2,1-2H3. The predicted molar refractivity (Wildman–Crippen MR) is 72.6 cm³/mol. The van der Waals surface area contributed by atoms with Gasteiger partial charge in [0.25, 0.3) is 0 Å². The first-order chi connectivity index (χ1) is 8.53. The predicted octanol–water partition coefficient (Wildman–Crippen LogP) is 1.40. The first-order valence-corrected chi connectivity index (χ1v) is 7.24. The Kier molecular flexibility index (Phi) is 7.15. The van der Waals surface area contributed by atoms with Crippen molar-refractivity contribution in [3.05, 3.63) is 0 Å². The Bertz CT molecular complexity index is 221. The molecule has 0 radical (unpaired) electrons. The van der Waals surface area contributed by atoms with Crippen LogP contribution in [0.4, 0.5) is 0 Å². The maximum absolute atomic E-state index is 9.99. The maximum atomic E-state index is 9.99. The molecule has 0 aromatic rings. The molecule has 0 spiro atoms. The number of β-amino-alcohol motifs (C(OH)–C–C–N with tert-alkyl or cyclic N) is 1. The SMILES string of the molecule is CCCCOCC(O)CN1CCCC(C)(O)CC1. The van der Waals surface area contributed by atoms with Crippen molar-refractivity contribution < 1.29 is 14.9 Å². The summed E-state index contributed by atoms with van der Waals surface area (Å²) in [6.45, 7) is 7.67. The maximum Gasteiger partial charge on any atom is 0.0900 e. The lowest BCUT2D eigenvalue weighted by atomic mass is 9.98. The average molecular weight is 259 g/mol. The van der Waals surface area contributed by atoms with Crippen LogP contribution in [0.15, 0.2) is 0 Å². The molecule has 0 amide bonds. The van der Waals surface area contributed by atoms with Gasteiger partial charge in [-0.25, -0.2) is 0 Å². The summed E-state index contributed by atoms with van der Waals surface area (Å²) in [6, 6.07) is 0. The Morgan fingerprint density at radius 3 is 2.83 bits per heavy atom. The molecule has 2 unspecified atom stereocenters. The Hall–Kier alpha value is -0.160. The van der Waals surface area contributed by atoms with Gasteiger partial charge in [-0.2, -0.15) is 0 Å². The highest BCUT2D eigenvalue weighted by atomic mass is 16.5. The first kappa shape index (κ1) is 15.9. The summed E-state index contributed by atoms with van der Waals surface area (Å²) in [5.41, 5.74) is -0.530. The number of unbranched alkanes of at least 4 members (excludes halogenated alkanes) is 1. The zero-order chi connectivity index (χ0) is 13.4. The summed E-state index contributed by atoms with van der Waals surface area (Å²) in [5.74, 6) is 0. The molecule has 0 bridgehead atoms. The summed E-state index contributed by atoms with van der Waals surface area (Å²) in [5, 5.41) is 19.9. The number of hydrogen-bond acceptors (Lipinski definition) is 4. The van der Waals surface area contributed by atoms with E-state index in [1.54, 1.807) is 0 Å². The normalized spacial score (nSPS) is 28.0. The van der Waals surface area contributed by atoms with Crippen LogP contribution in [0.2, 0.25) is 0 Å². The van der Waals surface area contributed by atoms with Crippen molar-refractivity contribution in [2.45, 2.75) is 57.7 Å². The molecule has 0 aromatic carbocycles. The summed E-state index contributed by atoms with van der Waals surface area (Å²) in [6.07, 6.45) is 4.40. The zero-order valence-electron chi connectivity index (χ0n) is 11.9. The molecule has 18 heavy (non-hydrogen) atoms. The molecule has 1 fully saturated rings. The van der Waals surface area contributed by atoms with Gasteiger partial charge in [-0.3, -0.25) is 0 Å². The molecule has 2 N–H and O–H groups in total. The van der Waals surface area contributed by atoms with E-state index in [4.69, 9.17) is 4.74 Å². The number of nitrogens with zero attached hydrogens (tertiary/aromatic N) is 1. The number of rotatable bonds is 7. The molecule has 0 saturated carbocycles. The van der Waals surface area contributed by atoms with E-state index in [-0.39, 0.29) is 0 Å². The Morgan fingerprint density at radius 1 is 1.33 bits per heavy atom. The molecule has 0 aromatic heterocycles. The highest BCUT2D eigenvalue weighted by Crippen LogP contribution is 2.21. The Balaban J connectivity index is 2.17. The number of aliphatic hydroxyl groups is 2. The highest BCUT2D eigenvalue weighted by molar-refractivity contribution is 4.79. The van der Waals surface area contributed by atoms with Gasteiger partial charge >= 0.3 is 0 Å². The van der Waals surface area contributed by atoms with E-state index < -0.39 is 11.7 Å². The van der Waals surface area contributed by atoms with Crippen LogP contribution in [0.5, 0.6) is 0 Å². The van der Waals surface area contributed by atoms with Crippen LogP contribution >= 0.6 is 0 Å². The van der Waals surface area contributed by atoms with E-state index in [0.29, 0.717) is 13.2 Å². The second kappa shape index (κ2) is 8.10. The summed E-state index contributed by atoms with van der Waals surface area (Å²) < 4.78 is 5.42. The van der Waals surface area contributed by atoms with E-state index in [2.05, 4.69) is 11.8 Å². The zero-order valence-corrected chi connectivity index (χ0v) is 11.9. The minimum absolute atomic E-state index is 0.412. The molecular formula is C14H29NO3. The van der Waals surface area contributed by atoms with Gasteiger partial charge in [-0.15, -0.1) is 0 Å².